The van der Waals surface area contributed by atoms with Crippen molar-refractivity contribution in [3.63, 3.8) is 0 Å². The molecule has 2 rings (SSSR count). The van der Waals surface area contributed by atoms with Gasteiger partial charge in [0.1, 0.15) is 0 Å². The second-order valence-electron chi connectivity index (χ2n) is 3.72. The fraction of sp³-hybridized carbons (Fsp3) is 0.250. The van der Waals surface area contributed by atoms with Crippen molar-refractivity contribution in [2.45, 2.75) is 20.5 Å². The Balaban J connectivity index is 2.59. The van der Waals surface area contributed by atoms with Crippen molar-refractivity contribution in [1.82, 2.24) is 9.55 Å². The summed E-state index contributed by atoms with van der Waals surface area (Å²) in [5.41, 5.74) is 3.96. The summed E-state index contributed by atoms with van der Waals surface area (Å²) in [4.78, 5) is 4.26. The molecular formula is C12H13BrN2O. The van der Waals surface area contributed by atoms with Crippen LogP contribution < -0.4 is 0 Å². The monoisotopic (exact) mass is 280 g/mol. The van der Waals surface area contributed by atoms with Gasteiger partial charge in [-0.3, -0.25) is 0 Å². The zero-order valence-corrected chi connectivity index (χ0v) is 10.8. The topological polar surface area (TPSA) is 38.0 Å². The van der Waals surface area contributed by atoms with Gasteiger partial charge in [-0.05, 0) is 32.0 Å². The first-order valence-corrected chi connectivity index (χ1v) is 5.83. The Bertz CT molecular complexity index is 520. The van der Waals surface area contributed by atoms with Crippen LogP contribution in [0.5, 0.6) is 0 Å². The molecule has 0 aliphatic carbocycles. The van der Waals surface area contributed by atoms with Gasteiger partial charge in [-0.1, -0.05) is 15.9 Å². The van der Waals surface area contributed by atoms with Crippen LogP contribution in [0.15, 0.2) is 29.0 Å². The van der Waals surface area contributed by atoms with E-state index >= 15 is 0 Å². The molecule has 0 amide bonds. The molecule has 0 bridgehead atoms. The minimum atomic E-state index is 0.0193. The lowest BCUT2D eigenvalue weighted by atomic mass is 10.2. The molecule has 0 aliphatic rings. The van der Waals surface area contributed by atoms with E-state index in [1.54, 1.807) is 6.33 Å². The zero-order valence-electron chi connectivity index (χ0n) is 9.24. The first kappa shape index (κ1) is 11.4. The van der Waals surface area contributed by atoms with Gasteiger partial charge >= 0.3 is 0 Å². The molecule has 0 atom stereocenters. The van der Waals surface area contributed by atoms with E-state index in [9.17, 15) is 5.11 Å². The van der Waals surface area contributed by atoms with Crippen molar-refractivity contribution in [3.8, 4) is 5.69 Å². The lowest BCUT2D eigenvalue weighted by molar-refractivity contribution is 0.281. The second kappa shape index (κ2) is 4.39. The standard InChI is InChI=1S/C12H13BrN2O/c1-8-9(2)15(7-14-8)12-4-3-11(13)5-10(12)6-16/h3-5,7,16H,6H2,1-2H3. The highest BCUT2D eigenvalue weighted by Crippen LogP contribution is 2.22. The van der Waals surface area contributed by atoms with E-state index in [1.165, 1.54) is 0 Å². The van der Waals surface area contributed by atoms with Crippen molar-refractivity contribution in [1.29, 1.82) is 0 Å². The number of aliphatic hydroxyl groups excluding tert-OH is 1. The highest BCUT2D eigenvalue weighted by atomic mass is 79.9. The molecule has 0 fully saturated rings. The highest BCUT2D eigenvalue weighted by Gasteiger charge is 2.08. The van der Waals surface area contributed by atoms with Crippen LogP contribution in [0, 0.1) is 13.8 Å². The highest BCUT2D eigenvalue weighted by molar-refractivity contribution is 9.10. The Morgan fingerprint density at radius 2 is 2.12 bits per heavy atom. The number of imidazole rings is 1. The third-order valence-electron chi connectivity index (χ3n) is 2.72. The molecule has 84 valence electrons. The molecule has 0 radical (unpaired) electrons. The Morgan fingerprint density at radius 3 is 2.69 bits per heavy atom. The molecule has 1 aromatic heterocycles. The van der Waals surface area contributed by atoms with Gasteiger partial charge in [0.25, 0.3) is 0 Å². The van der Waals surface area contributed by atoms with E-state index in [0.29, 0.717) is 0 Å². The van der Waals surface area contributed by atoms with Crippen LogP contribution in [0.25, 0.3) is 5.69 Å². The molecule has 0 saturated carbocycles. The van der Waals surface area contributed by atoms with Gasteiger partial charge in [0, 0.05) is 15.7 Å². The number of aryl methyl sites for hydroxylation is 1. The summed E-state index contributed by atoms with van der Waals surface area (Å²) in [6.07, 6.45) is 1.78. The summed E-state index contributed by atoms with van der Waals surface area (Å²) in [7, 11) is 0. The van der Waals surface area contributed by atoms with Crippen molar-refractivity contribution in [3.05, 3.63) is 46.0 Å². The van der Waals surface area contributed by atoms with Crippen LogP contribution in [-0.2, 0) is 6.61 Å². The molecule has 1 N–H and O–H groups in total. The Labute approximate surface area is 103 Å². The fourth-order valence-corrected chi connectivity index (χ4v) is 2.07. The van der Waals surface area contributed by atoms with E-state index in [0.717, 1.165) is 27.1 Å². The summed E-state index contributed by atoms with van der Waals surface area (Å²) in [6.45, 7) is 4.01. The van der Waals surface area contributed by atoms with Crippen molar-refractivity contribution >= 4 is 15.9 Å². The van der Waals surface area contributed by atoms with Gasteiger partial charge in [0.15, 0.2) is 0 Å². The van der Waals surface area contributed by atoms with E-state index in [2.05, 4.69) is 20.9 Å². The number of hydrogen-bond donors (Lipinski definition) is 1. The van der Waals surface area contributed by atoms with E-state index in [1.807, 2.05) is 36.6 Å². The Morgan fingerprint density at radius 1 is 1.38 bits per heavy atom. The number of aromatic nitrogens is 2. The summed E-state index contributed by atoms with van der Waals surface area (Å²) >= 11 is 3.40. The maximum atomic E-state index is 9.35. The van der Waals surface area contributed by atoms with Crippen LogP contribution in [0.2, 0.25) is 0 Å². The molecule has 1 heterocycles. The quantitative estimate of drug-likeness (QED) is 0.919. The summed E-state index contributed by atoms with van der Waals surface area (Å²) < 4.78 is 2.96. The fourth-order valence-electron chi connectivity index (χ4n) is 1.66. The van der Waals surface area contributed by atoms with Crippen molar-refractivity contribution in [2.24, 2.45) is 0 Å². The van der Waals surface area contributed by atoms with Crippen molar-refractivity contribution in [2.75, 3.05) is 0 Å². The predicted octanol–water partition coefficient (Wildman–Crippen LogP) is 2.74. The molecule has 3 nitrogen and oxygen atoms in total. The number of rotatable bonds is 2. The first-order chi connectivity index (χ1) is 7.63. The average molecular weight is 281 g/mol. The van der Waals surface area contributed by atoms with Crippen LogP contribution in [0.3, 0.4) is 0 Å². The lowest BCUT2D eigenvalue weighted by Crippen LogP contribution is -2.00. The van der Waals surface area contributed by atoms with Crippen LogP contribution >= 0.6 is 15.9 Å². The SMILES string of the molecule is Cc1ncn(-c2ccc(Br)cc2CO)c1C. The van der Waals surface area contributed by atoms with E-state index in [-0.39, 0.29) is 6.61 Å². The van der Waals surface area contributed by atoms with Crippen LogP contribution in [0.1, 0.15) is 17.0 Å². The van der Waals surface area contributed by atoms with Gasteiger partial charge in [0.05, 0.1) is 24.3 Å². The van der Waals surface area contributed by atoms with Gasteiger partial charge in [-0.2, -0.15) is 0 Å². The molecule has 4 heteroatoms. The Kier molecular flexibility index (Phi) is 3.12. The number of aliphatic hydroxyl groups is 1. The first-order valence-electron chi connectivity index (χ1n) is 5.03. The third-order valence-corrected chi connectivity index (χ3v) is 3.22. The van der Waals surface area contributed by atoms with Gasteiger partial charge in [-0.15, -0.1) is 0 Å². The minimum Gasteiger partial charge on any atom is -0.392 e. The normalized spacial score (nSPS) is 10.8. The van der Waals surface area contributed by atoms with Crippen LogP contribution in [0.4, 0.5) is 0 Å². The molecule has 2 aromatic rings. The molecule has 0 unspecified atom stereocenters. The average Bonchev–Trinajstić information content (AvgIpc) is 2.60. The molecule has 1 aromatic carbocycles. The number of halogens is 1. The predicted molar refractivity (Wildman–Crippen MR) is 66.7 cm³/mol. The van der Waals surface area contributed by atoms with Crippen molar-refractivity contribution < 1.29 is 5.11 Å². The third kappa shape index (κ3) is 1.90. The maximum Gasteiger partial charge on any atom is 0.0997 e. The smallest absolute Gasteiger partial charge is 0.0997 e. The van der Waals surface area contributed by atoms with Gasteiger partial charge in [-0.25, -0.2) is 4.98 Å². The van der Waals surface area contributed by atoms with E-state index in [4.69, 9.17) is 0 Å². The maximum absolute atomic E-state index is 9.35. The number of hydrogen-bond acceptors (Lipinski definition) is 2. The number of benzene rings is 1. The van der Waals surface area contributed by atoms with Gasteiger partial charge in [0.2, 0.25) is 0 Å². The van der Waals surface area contributed by atoms with Gasteiger partial charge < -0.3 is 9.67 Å². The zero-order chi connectivity index (χ0) is 11.7. The minimum absolute atomic E-state index is 0.0193. The molecule has 0 aliphatic heterocycles. The molecule has 16 heavy (non-hydrogen) atoms. The molecular weight excluding hydrogens is 268 g/mol. The lowest BCUT2D eigenvalue weighted by Gasteiger charge is -2.10. The largest absolute Gasteiger partial charge is 0.392 e. The number of nitrogens with zero attached hydrogens (tertiary/aromatic N) is 2. The molecule has 0 saturated heterocycles. The second-order valence-corrected chi connectivity index (χ2v) is 4.63. The van der Waals surface area contributed by atoms with E-state index < -0.39 is 0 Å². The Hall–Kier alpha value is -1.13. The summed E-state index contributed by atoms with van der Waals surface area (Å²) in [6, 6.07) is 5.86. The van der Waals surface area contributed by atoms with Crippen LogP contribution in [-0.4, -0.2) is 14.7 Å². The molecule has 0 spiro atoms. The summed E-state index contributed by atoms with van der Waals surface area (Å²) in [5.74, 6) is 0. The summed E-state index contributed by atoms with van der Waals surface area (Å²) in [5, 5.41) is 9.35.